The number of benzene rings is 2. The summed E-state index contributed by atoms with van der Waals surface area (Å²) < 4.78 is 26.1. The topological polar surface area (TPSA) is 32.3 Å². The van der Waals surface area contributed by atoms with Crippen molar-refractivity contribution >= 4 is 11.6 Å². The van der Waals surface area contributed by atoms with Gasteiger partial charge in [-0.25, -0.2) is 8.78 Å². The van der Waals surface area contributed by atoms with Crippen LogP contribution >= 0.6 is 0 Å². The number of hydrogen-bond acceptors (Lipinski definition) is 2. The van der Waals surface area contributed by atoms with Crippen LogP contribution in [0, 0.1) is 11.6 Å². The first-order chi connectivity index (χ1) is 10.0. The Balaban J connectivity index is 1.87. The molecule has 21 heavy (non-hydrogen) atoms. The first-order valence-electron chi connectivity index (χ1n) is 6.51. The van der Waals surface area contributed by atoms with Crippen molar-refractivity contribution in [3.8, 4) is 0 Å². The Kier molecular flexibility index (Phi) is 5.00. The van der Waals surface area contributed by atoms with Crippen LogP contribution in [0.25, 0.3) is 0 Å². The number of likely N-dealkylation sites (N-methyl/N-ethyl adjacent to an activating group) is 1. The fraction of sp³-hybridized carbons (Fsp3) is 0.188. The van der Waals surface area contributed by atoms with Crippen molar-refractivity contribution in [3.05, 3.63) is 65.7 Å². The zero-order chi connectivity index (χ0) is 15.2. The molecule has 1 amide bonds. The molecule has 0 aromatic heterocycles. The Labute approximate surface area is 122 Å². The standard InChI is InChI=1S/C16H16F2N2O/c1-20(10-12-4-2-5-13(17)8-12)11-16(21)19-15-7-3-6-14(18)9-15/h2-9H,10-11H2,1H3,(H,19,21). The third-order valence-electron chi connectivity index (χ3n) is 2.86. The van der Waals surface area contributed by atoms with E-state index >= 15 is 0 Å². The summed E-state index contributed by atoms with van der Waals surface area (Å²) in [4.78, 5) is 13.6. The molecule has 0 radical (unpaired) electrons. The van der Waals surface area contributed by atoms with E-state index in [1.807, 2.05) is 0 Å². The monoisotopic (exact) mass is 290 g/mol. The predicted octanol–water partition coefficient (Wildman–Crippen LogP) is 3.04. The first kappa shape index (κ1) is 15.1. The van der Waals surface area contributed by atoms with Gasteiger partial charge in [0, 0.05) is 12.2 Å². The molecule has 0 saturated carbocycles. The lowest BCUT2D eigenvalue weighted by atomic mass is 10.2. The predicted molar refractivity (Wildman–Crippen MR) is 77.8 cm³/mol. The number of hydrogen-bond donors (Lipinski definition) is 1. The largest absolute Gasteiger partial charge is 0.325 e. The molecule has 0 fully saturated rings. The van der Waals surface area contributed by atoms with E-state index in [9.17, 15) is 13.6 Å². The molecule has 0 saturated heterocycles. The van der Waals surface area contributed by atoms with Gasteiger partial charge in [0.15, 0.2) is 0 Å². The van der Waals surface area contributed by atoms with Crippen LogP contribution in [0.1, 0.15) is 5.56 Å². The summed E-state index contributed by atoms with van der Waals surface area (Å²) in [5.41, 5.74) is 1.20. The third kappa shape index (κ3) is 4.96. The lowest BCUT2D eigenvalue weighted by Gasteiger charge is -2.16. The molecule has 2 aromatic carbocycles. The van der Waals surface area contributed by atoms with Crippen LogP contribution in [0.15, 0.2) is 48.5 Å². The van der Waals surface area contributed by atoms with Crippen LogP contribution in [-0.2, 0) is 11.3 Å². The van der Waals surface area contributed by atoms with E-state index in [1.165, 1.54) is 30.3 Å². The molecule has 5 heteroatoms. The summed E-state index contributed by atoms with van der Waals surface area (Å²) in [6, 6.07) is 11.9. The molecule has 3 nitrogen and oxygen atoms in total. The van der Waals surface area contributed by atoms with Crippen LogP contribution in [-0.4, -0.2) is 24.4 Å². The van der Waals surface area contributed by atoms with Crippen molar-refractivity contribution in [2.24, 2.45) is 0 Å². The summed E-state index contributed by atoms with van der Waals surface area (Å²) in [5.74, 6) is -0.953. The molecular formula is C16H16F2N2O. The minimum absolute atomic E-state index is 0.132. The number of rotatable bonds is 5. The minimum Gasteiger partial charge on any atom is -0.325 e. The normalized spacial score (nSPS) is 10.7. The average Bonchev–Trinajstić information content (AvgIpc) is 2.38. The van der Waals surface area contributed by atoms with Crippen molar-refractivity contribution in [2.45, 2.75) is 6.54 Å². The molecule has 1 N–H and O–H groups in total. The number of halogens is 2. The van der Waals surface area contributed by atoms with Gasteiger partial charge in [0.25, 0.3) is 0 Å². The number of carbonyl (C=O) groups excluding carboxylic acids is 1. The van der Waals surface area contributed by atoms with E-state index in [-0.39, 0.29) is 18.3 Å². The van der Waals surface area contributed by atoms with Gasteiger partial charge in [-0.05, 0) is 42.9 Å². The highest BCUT2D eigenvalue weighted by atomic mass is 19.1. The van der Waals surface area contributed by atoms with Crippen LogP contribution in [0.4, 0.5) is 14.5 Å². The van der Waals surface area contributed by atoms with Crippen molar-refractivity contribution in [1.82, 2.24) is 4.90 Å². The second-order valence-electron chi connectivity index (χ2n) is 4.86. The molecule has 0 aliphatic carbocycles. The van der Waals surface area contributed by atoms with Crippen molar-refractivity contribution < 1.29 is 13.6 Å². The zero-order valence-electron chi connectivity index (χ0n) is 11.6. The van der Waals surface area contributed by atoms with Gasteiger partial charge in [0.2, 0.25) is 5.91 Å². The fourth-order valence-electron chi connectivity index (χ4n) is 2.01. The lowest BCUT2D eigenvalue weighted by molar-refractivity contribution is -0.117. The molecule has 0 spiro atoms. The molecule has 0 bridgehead atoms. The molecular weight excluding hydrogens is 274 g/mol. The Hall–Kier alpha value is -2.27. The zero-order valence-corrected chi connectivity index (χ0v) is 11.6. The Bertz CT molecular complexity index is 631. The van der Waals surface area contributed by atoms with Crippen LogP contribution in [0.5, 0.6) is 0 Å². The summed E-state index contributed by atoms with van der Waals surface area (Å²) in [5, 5.41) is 2.62. The molecule has 0 aliphatic rings. The second kappa shape index (κ2) is 6.95. The van der Waals surface area contributed by atoms with E-state index < -0.39 is 5.82 Å². The second-order valence-corrected chi connectivity index (χ2v) is 4.86. The van der Waals surface area contributed by atoms with E-state index in [2.05, 4.69) is 5.32 Å². The van der Waals surface area contributed by atoms with E-state index in [0.717, 1.165) is 5.56 Å². The van der Waals surface area contributed by atoms with Gasteiger partial charge in [-0.1, -0.05) is 18.2 Å². The fourth-order valence-corrected chi connectivity index (χ4v) is 2.01. The van der Waals surface area contributed by atoms with Crippen molar-refractivity contribution in [2.75, 3.05) is 18.9 Å². The molecule has 0 heterocycles. The van der Waals surface area contributed by atoms with Crippen molar-refractivity contribution in [1.29, 1.82) is 0 Å². The van der Waals surface area contributed by atoms with E-state index in [1.54, 1.807) is 30.1 Å². The number of nitrogens with one attached hydrogen (secondary N) is 1. The van der Waals surface area contributed by atoms with Gasteiger partial charge >= 0.3 is 0 Å². The highest BCUT2D eigenvalue weighted by Gasteiger charge is 2.08. The number of anilines is 1. The molecule has 2 aromatic rings. The van der Waals surface area contributed by atoms with Gasteiger partial charge in [0.05, 0.1) is 6.54 Å². The van der Waals surface area contributed by atoms with E-state index in [0.29, 0.717) is 12.2 Å². The highest BCUT2D eigenvalue weighted by Crippen LogP contribution is 2.10. The Morgan fingerprint density at radius 2 is 1.76 bits per heavy atom. The summed E-state index contributed by atoms with van der Waals surface area (Å²) in [7, 11) is 1.76. The van der Waals surface area contributed by atoms with Gasteiger partial charge in [-0.3, -0.25) is 9.69 Å². The van der Waals surface area contributed by atoms with Gasteiger partial charge in [-0.2, -0.15) is 0 Å². The lowest BCUT2D eigenvalue weighted by Crippen LogP contribution is -2.29. The maximum atomic E-state index is 13.1. The molecule has 2 rings (SSSR count). The average molecular weight is 290 g/mol. The molecule has 0 atom stereocenters. The van der Waals surface area contributed by atoms with Gasteiger partial charge in [-0.15, -0.1) is 0 Å². The Morgan fingerprint density at radius 1 is 1.10 bits per heavy atom. The molecule has 0 aliphatic heterocycles. The SMILES string of the molecule is CN(CC(=O)Nc1cccc(F)c1)Cc1cccc(F)c1. The van der Waals surface area contributed by atoms with Gasteiger partial charge < -0.3 is 5.32 Å². The maximum absolute atomic E-state index is 13.1. The van der Waals surface area contributed by atoms with E-state index in [4.69, 9.17) is 0 Å². The first-order valence-corrected chi connectivity index (χ1v) is 6.51. The smallest absolute Gasteiger partial charge is 0.238 e. The summed E-state index contributed by atoms with van der Waals surface area (Å²) in [6.07, 6.45) is 0. The number of nitrogens with zero attached hydrogens (tertiary/aromatic N) is 1. The quantitative estimate of drug-likeness (QED) is 0.918. The molecule has 0 unspecified atom stereocenters. The van der Waals surface area contributed by atoms with Crippen LogP contribution < -0.4 is 5.32 Å². The van der Waals surface area contributed by atoms with Crippen LogP contribution in [0.3, 0.4) is 0 Å². The third-order valence-corrected chi connectivity index (χ3v) is 2.86. The Morgan fingerprint density at radius 3 is 2.43 bits per heavy atom. The highest BCUT2D eigenvalue weighted by molar-refractivity contribution is 5.92. The maximum Gasteiger partial charge on any atom is 0.238 e. The summed E-state index contributed by atoms with van der Waals surface area (Å²) in [6.45, 7) is 0.585. The minimum atomic E-state index is -0.402. The van der Waals surface area contributed by atoms with Crippen molar-refractivity contribution in [3.63, 3.8) is 0 Å². The number of carbonyl (C=O) groups is 1. The van der Waals surface area contributed by atoms with Gasteiger partial charge in [0.1, 0.15) is 11.6 Å². The summed E-state index contributed by atoms with van der Waals surface area (Å²) >= 11 is 0. The van der Waals surface area contributed by atoms with Crippen LogP contribution in [0.2, 0.25) is 0 Å². The number of amides is 1. The molecule has 110 valence electrons.